The van der Waals surface area contributed by atoms with Crippen molar-refractivity contribution in [3.8, 4) is 0 Å². The molecule has 4 nitrogen and oxygen atoms in total. The third kappa shape index (κ3) is 4.65. The van der Waals surface area contributed by atoms with Crippen LogP contribution in [0.15, 0.2) is 72.8 Å². The fourth-order valence-electron chi connectivity index (χ4n) is 3.00. The Kier molecular flexibility index (Phi) is 6.04. The zero-order chi connectivity index (χ0) is 21.1. The van der Waals surface area contributed by atoms with Crippen molar-refractivity contribution < 1.29 is 9.59 Å². The highest BCUT2D eigenvalue weighted by atomic mass is 35.5. The van der Waals surface area contributed by atoms with Gasteiger partial charge in [-0.1, -0.05) is 59.6 Å². The molecule has 2 amide bonds. The van der Waals surface area contributed by atoms with Crippen LogP contribution in [0.5, 0.6) is 0 Å². The molecule has 4 aromatic rings. The van der Waals surface area contributed by atoms with Gasteiger partial charge in [0, 0.05) is 26.5 Å². The lowest BCUT2D eigenvalue weighted by atomic mass is 10.1. The predicted molar refractivity (Wildman–Crippen MR) is 125 cm³/mol. The van der Waals surface area contributed by atoms with Crippen LogP contribution in [-0.4, -0.2) is 11.8 Å². The third-order valence-electron chi connectivity index (χ3n) is 4.43. The zero-order valence-electron chi connectivity index (χ0n) is 15.6. The van der Waals surface area contributed by atoms with Crippen molar-refractivity contribution >= 4 is 67.8 Å². The van der Waals surface area contributed by atoms with Gasteiger partial charge in [0.15, 0.2) is 0 Å². The summed E-state index contributed by atoms with van der Waals surface area (Å²) in [5.74, 6) is -0.396. The van der Waals surface area contributed by atoms with Gasteiger partial charge in [0.1, 0.15) is 4.88 Å². The summed E-state index contributed by atoms with van der Waals surface area (Å²) in [6.07, 6.45) is 0.299. The first-order valence-corrected chi connectivity index (χ1v) is 10.7. The highest BCUT2D eigenvalue weighted by Crippen LogP contribution is 2.37. The van der Waals surface area contributed by atoms with Gasteiger partial charge in [-0.05, 0) is 42.0 Å². The number of carbonyl (C=O) groups excluding carboxylic acids is 2. The Labute approximate surface area is 187 Å². The normalized spacial score (nSPS) is 10.7. The number of benzene rings is 3. The number of anilines is 2. The molecule has 3 aromatic carbocycles. The fourth-order valence-corrected chi connectivity index (χ4v) is 4.68. The van der Waals surface area contributed by atoms with Crippen LogP contribution in [0, 0.1) is 0 Å². The van der Waals surface area contributed by atoms with Crippen molar-refractivity contribution in [3.05, 3.63) is 93.3 Å². The Morgan fingerprint density at radius 3 is 2.20 bits per heavy atom. The molecule has 30 heavy (non-hydrogen) atoms. The van der Waals surface area contributed by atoms with Gasteiger partial charge in [-0.3, -0.25) is 9.59 Å². The maximum atomic E-state index is 12.7. The second-order valence-electron chi connectivity index (χ2n) is 6.63. The summed E-state index contributed by atoms with van der Waals surface area (Å²) in [7, 11) is 0. The molecule has 150 valence electrons. The van der Waals surface area contributed by atoms with Gasteiger partial charge in [-0.15, -0.1) is 11.3 Å². The Morgan fingerprint density at radius 2 is 1.50 bits per heavy atom. The smallest absolute Gasteiger partial charge is 0.267 e. The standard InChI is InChI=1S/C23H16Cl2N2O2S/c24-15-6-11-18-19(13-15)30-22(21(18)25)23(29)27-17-9-7-16(8-10-17)26-20(28)12-14-4-2-1-3-5-14/h1-11,13H,12H2,(H,26,28)(H,27,29). The molecule has 0 spiro atoms. The Hall–Kier alpha value is -2.86. The minimum absolute atomic E-state index is 0.103. The predicted octanol–water partition coefficient (Wildman–Crippen LogP) is 6.64. The summed E-state index contributed by atoms with van der Waals surface area (Å²) in [5, 5.41) is 7.49. The van der Waals surface area contributed by atoms with Crippen molar-refractivity contribution in [2.45, 2.75) is 6.42 Å². The number of hydrogen-bond donors (Lipinski definition) is 2. The summed E-state index contributed by atoms with van der Waals surface area (Å²) in [6.45, 7) is 0. The van der Waals surface area contributed by atoms with Gasteiger partial charge in [0.05, 0.1) is 11.4 Å². The lowest BCUT2D eigenvalue weighted by Gasteiger charge is -2.08. The molecule has 0 saturated carbocycles. The summed E-state index contributed by atoms with van der Waals surface area (Å²) in [4.78, 5) is 25.3. The van der Waals surface area contributed by atoms with E-state index in [0.717, 1.165) is 15.6 Å². The van der Waals surface area contributed by atoms with Crippen molar-refractivity contribution in [3.63, 3.8) is 0 Å². The molecule has 4 rings (SSSR count). The second-order valence-corrected chi connectivity index (χ2v) is 8.49. The van der Waals surface area contributed by atoms with E-state index in [0.29, 0.717) is 32.7 Å². The molecule has 1 aromatic heterocycles. The van der Waals surface area contributed by atoms with E-state index < -0.39 is 0 Å². The summed E-state index contributed by atoms with van der Waals surface area (Å²) >= 11 is 13.7. The maximum absolute atomic E-state index is 12.7. The fraction of sp³-hybridized carbons (Fsp3) is 0.0435. The Bertz CT molecular complexity index is 1220. The molecule has 1 heterocycles. The number of carbonyl (C=O) groups is 2. The van der Waals surface area contributed by atoms with E-state index in [4.69, 9.17) is 23.2 Å². The molecule has 2 N–H and O–H groups in total. The van der Waals surface area contributed by atoms with Crippen LogP contribution in [0.25, 0.3) is 10.1 Å². The van der Waals surface area contributed by atoms with E-state index in [1.54, 1.807) is 42.5 Å². The molecular weight excluding hydrogens is 439 g/mol. The molecule has 0 fully saturated rings. The highest BCUT2D eigenvalue weighted by molar-refractivity contribution is 7.21. The molecule has 0 radical (unpaired) electrons. The Morgan fingerprint density at radius 1 is 0.833 bits per heavy atom. The van der Waals surface area contributed by atoms with Gasteiger partial charge in [-0.25, -0.2) is 0 Å². The number of rotatable bonds is 5. The molecule has 0 bridgehead atoms. The van der Waals surface area contributed by atoms with Crippen molar-refractivity contribution in [2.24, 2.45) is 0 Å². The van der Waals surface area contributed by atoms with E-state index in [2.05, 4.69) is 10.6 Å². The monoisotopic (exact) mass is 454 g/mol. The highest BCUT2D eigenvalue weighted by Gasteiger charge is 2.17. The number of fused-ring (bicyclic) bond motifs is 1. The molecule has 0 unspecified atom stereocenters. The van der Waals surface area contributed by atoms with Gasteiger partial charge in [0.25, 0.3) is 5.91 Å². The minimum atomic E-state index is -0.293. The zero-order valence-corrected chi connectivity index (χ0v) is 17.9. The molecule has 0 aliphatic carbocycles. The van der Waals surface area contributed by atoms with Crippen molar-refractivity contribution in [1.82, 2.24) is 0 Å². The number of hydrogen-bond acceptors (Lipinski definition) is 3. The van der Waals surface area contributed by atoms with Crippen LogP contribution in [0.2, 0.25) is 10.0 Å². The maximum Gasteiger partial charge on any atom is 0.267 e. The van der Waals surface area contributed by atoms with E-state index >= 15 is 0 Å². The largest absolute Gasteiger partial charge is 0.326 e. The van der Waals surface area contributed by atoms with Gasteiger partial charge in [-0.2, -0.15) is 0 Å². The van der Waals surface area contributed by atoms with E-state index in [9.17, 15) is 9.59 Å². The van der Waals surface area contributed by atoms with Gasteiger partial charge in [0.2, 0.25) is 5.91 Å². The van der Waals surface area contributed by atoms with Crippen LogP contribution in [0.4, 0.5) is 11.4 Å². The van der Waals surface area contributed by atoms with Crippen LogP contribution < -0.4 is 10.6 Å². The lowest BCUT2D eigenvalue weighted by molar-refractivity contribution is -0.115. The van der Waals surface area contributed by atoms with Crippen LogP contribution >= 0.6 is 34.5 Å². The number of thiophene rings is 1. The molecule has 0 atom stereocenters. The molecule has 0 saturated heterocycles. The Balaban J connectivity index is 1.41. The molecular formula is C23H16Cl2N2O2S. The van der Waals surface area contributed by atoms with Gasteiger partial charge < -0.3 is 10.6 Å². The molecule has 7 heteroatoms. The molecule has 0 aliphatic rings. The molecule has 0 aliphatic heterocycles. The van der Waals surface area contributed by atoms with Crippen molar-refractivity contribution in [1.29, 1.82) is 0 Å². The van der Waals surface area contributed by atoms with Crippen LogP contribution in [0.3, 0.4) is 0 Å². The third-order valence-corrected chi connectivity index (χ3v) is 6.32. The average Bonchev–Trinajstić information content (AvgIpc) is 3.06. The van der Waals surface area contributed by atoms with E-state index in [1.807, 2.05) is 30.3 Å². The number of nitrogens with one attached hydrogen (secondary N) is 2. The summed E-state index contributed by atoms with van der Waals surface area (Å²) in [5.41, 5.74) is 2.21. The van der Waals surface area contributed by atoms with E-state index in [1.165, 1.54) is 11.3 Å². The minimum Gasteiger partial charge on any atom is -0.326 e. The second kappa shape index (κ2) is 8.88. The first-order valence-electron chi connectivity index (χ1n) is 9.12. The van der Waals surface area contributed by atoms with E-state index in [-0.39, 0.29) is 11.8 Å². The topological polar surface area (TPSA) is 58.2 Å². The SMILES string of the molecule is O=C(Cc1ccccc1)Nc1ccc(NC(=O)c2sc3cc(Cl)ccc3c2Cl)cc1. The number of halogens is 2. The lowest BCUT2D eigenvalue weighted by Crippen LogP contribution is -2.14. The van der Waals surface area contributed by atoms with Crippen molar-refractivity contribution in [2.75, 3.05) is 10.6 Å². The van der Waals surface area contributed by atoms with Crippen LogP contribution in [0.1, 0.15) is 15.2 Å². The quantitative estimate of drug-likeness (QED) is 0.354. The number of amides is 2. The first-order chi connectivity index (χ1) is 14.5. The average molecular weight is 455 g/mol. The van der Waals surface area contributed by atoms with Crippen LogP contribution in [-0.2, 0) is 11.2 Å². The summed E-state index contributed by atoms with van der Waals surface area (Å²) < 4.78 is 0.856. The first kappa shape index (κ1) is 20.4. The summed E-state index contributed by atoms with van der Waals surface area (Å²) in [6, 6.07) is 21.8. The van der Waals surface area contributed by atoms with Gasteiger partial charge >= 0.3 is 0 Å².